The lowest BCUT2D eigenvalue weighted by atomic mass is 10.0. The molecule has 1 aliphatic heterocycles. The van der Waals surface area contributed by atoms with Crippen LogP contribution in [0, 0.1) is 0 Å². The van der Waals surface area contributed by atoms with Crippen LogP contribution in [0.1, 0.15) is 48.3 Å². The van der Waals surface area contributed by atoms with E-state index in [4.69, 9.17) is 4.74 Å². The molecule has 0 unspecified atom stereocenters. The second kappa shape index (κ2) is 6.65. The third-order valence-electron chi connectivity index (χ3n) is 4.40. The summed E-state index contributed by atoms with van der Waals surface area (Å²) in [4.78, 5) is 14.6. The third kappa shape index (κ3) is 3.14. The minimum absolute atomic E-state index is 0.105. The monoisotopic (exact) mass is 329 g/mol. The molecule has 1 saturated heterocycles. The SMILES string of the molecule is COc1cccc([C@H]2C[C@@H](O)CN2C(=O)c2cnn(C(C)C)c2)c1. The van der Waals surface area contributed by atoms with Crippen LogP contribution in [0.3, 0.4) is 0 Å². The van der Waals surface area contributed by atoms with Gasteiger partial charge in [-0.05, 0) is 38.0 Å². The van der Waals surface area contributed by atoms with Gasteiger partial charge in [0, 0.05) is 18.8 Å². The molecule has 0 bridgehead atoms. The smallest absolute Gasteiger partial charge is 0.257 e. The van der Waals surface area contributed by atoms with Gasteiger partial charge in [0.05, 0.1) is 31.0 Å². The van der Waals surface area contributed by atoms with E-state index in [0.29, 0.717) is 18.5 Å². The molecule has 0 spiro atoms. The standard InChI is InChI=1S/C18H23N3O3/c1-12(2)21-10-14(9-19-21)18(23)20-11-15(22)8-17(20)13-5-4-6-16(7-13)24-3/h4-7,9-10,12,15,17,22H,8,11H2,1-3H3/t15-,17-/m1/s1. The second-order valence-electron chi connectivity index (χ2n) is 6.44. The Hall–Kier alpha value is -2.34. The topological polar surface area (TPSA) is 67.6 Å². The van der Waals surface area contributed by atoms with E-state index >= 15 is 0 Å². The van der Waals surface area contributed by atoms with Crippen molar-refractivity contribution in [1.29, 1.82) is 0 Å². The number of benzene rings is 1. The number of β-amino-alcohol motifs (C(OH)–C–C–N with tert-alkyl or cyclic N) is 1. The van der Waals surface area contributed by atoms with Crippen LogP contribution < -0.4 is 4.74 Å². The van der Waals surface area contributed by atoms with Crippen LogP contribution in [0.5, 0.6) is 5.75 Å². The average Bonchev–Trinajstić information content (AvgIpc) is 3.21. The summed E-state index contributed by atoms with van der Waals surface area (Å²) >= 11 is 0. The lowest BCUT2D eigenvalue weighted by Crippen LogP contribution is -2.31. The van der Waals surface area contributed by atoms with Gasteiger partial charge in [-0.3, -0.25) is 9.48 Å². The molecule has 6 nitrogen and oxygen atoms in total. The number of carbonyl (C=O) groups excluding carboxylic acids is 1. The highest BCUT2D eigenvalue weighted by atomic mass is 16.5. The number of hydrogen-bond donors (Lipinski definition) is 1. The van der Waals surface area contributed by atoms with Crippen LogP contribution in [0.2, 0.25) is 0 Å². The van der Waals surface area contributed by atoms with Gasteiger partial charge in [-0.15, -0.1) is 0 Å². The van der Waals surface area contributed by atoms with E-state index in [-0.39, 0.29) is 18.0 Å². The number of nitrogens with zero attached hydrogens (tertiary/aromatic N) is 3. The maximum absolute atomic E-state index is 12.9. The third-order valence-corrected chi connectivity index (χ3v) is 4.40. The van der Waals surface area contributed by atoms with Gasteiger partial charge in [-0.1, -0.05) is 12.1 Å². The largest absolute Gasteiger partial charge is 0.497 e. The highest BCUT2D eigenvalue weighted by molar-refractivity contribution is 5.94. The summed E-state index contributed by atoms with van der Waals surface area (Å²) in [7, 11) is 1.62. The van der Waals surface area contributed by atoms with Crippen molar-refractivity contribution in [3.05, 3.63) is 47.8 Å². The van der Waals surface area contributed by atoms with Crippen LogP contribution in [-0.4, -0.2) is 45.5 Å². The van der Waals surface area contributed by atoms with E-state index in [2.05, 4.69) is 5.10 Å². The summed E-state index contributed by atoms with van der Waals surface area (Å²) in [5.41, 5.74) is 1.51. The van der Waals surface area contributed by atoms with Gasteiger partial charge in [0.2, 0.25) is 0 Å². The number of carbonyl (C=O) groups is 1. The molecule has 1 N–H and O–H groups in total. The quantitative estimate of drug-likeness (QED) is 0.935. The molecule has 6 heteroatoms. The summed E-state index contributed by atoms with van der Waals surface area (Å²) in [6, 6.07) is 7.69. The van der Waals surface area contributed by atoms with Gasteiger partial charge in [0.1, 0.15) is 5.75 Å². The Balaban J connectivity index is 1.87. The lowest BCUT2D eigenvalue weighted by Gasteiger charge is -2.24. The normalized spacial score (nSPS) is 20.6. The zero-order chi connectivity index (χ0) is 17.3. The summed E-state index contributed by atoms with van der Waals surface area (Å²) in [5.74, 6) is 0.639. The molecule has 1 fully saturated rings. The molecule has 1 amide bonds. The number of aliphatic hydroxyl groups excluding tert-OH is 1. The molecule has 128 valence electrons. The van der Waals surface area contributed by atoms with E-state index in [0.717, 1.165) is 11.3 Å². The molecule has 0 aliphatic carbocycles. The number of likely N-dealkylation sites (tertiary alicyclic amines) is 1. The minimum atomic E-state index is -0.523. The molecule has 2 heterocycles. The van der Waals surface area contributed by atoms with Crippen molar-refractivity contribution in [3.8, 4) is 5.75 Å². The fourth-order valence-electron chi connectivity index (χ4n) is 3.10. The highest BCUT2D eigenvalue weighted by Gasteiger charge is 2.36. The predicted molar refractivity (Wildman–Crippen MR) is 90.0 cm³/mol. The minimum Gasteiger partial charge on any atom is -0.497 e. The molecule has 0 radical (unpaired) electrons. The Bertz CT molecular complexity index is 726. The van der Waals surface area contributed by atoms with Crippen LogP contribution in [0.4, 0.5) is 0 Å². The maximum atomic E-state index is 12.9. The fraction of sp³-hybridized carbons (Fsp3) is 0.444. The first-order valence-corrected chi connectivity index (χ1v) is 8.16. The Morgan fingerprint density at radius 1 is 1.42 bits per heavy atom. The van der Waals surface area contributed by atoms with E-state index in [9.17, 15) is 9.90 Å². The molecule has 24 heavy (non-hydrogen) atoms. The molecule has 1 aromatic heterocycles. The molecular weight excluding hydrogens is 306 g/mol. The van der Waals surface area contributed by atoms with Crippen molar-refractivity contribution in [1.82, 2.24) is 14.7 Å². The first kappa shape index (κ1) is 16.5. The van der Waals surface area contributed by atoms with E-state index < -0.39 is 6.10 Å². The molecule has 0 saturated carbocycles. The van der Waals surface area contributed by atoms with Crippen LogP contribution in [0.15, 0.2) is 36.7 Å². The number of aliphatic hydroxyl groups is 1. The Morgan fingerprint density at radius 3 is 2.88 bits per heavy atom. The molecule has 2 aromatic rings. The van der Waals surface area contributed by atoms with Gasteiger partial charge in [0.15, 0.2) is 0 Å². The molecule has 1 aliphatic rings. The zero-order valence-electron chi connectivity index (χ0n) is 14.2. The predicted octanol–water partition coefficient (Wildman–Crippen LogP) is 2.42. The maximum Gasteiger partial charge on any atom is 0.257 e. The number of rotatable bonds is 4. The van der Waals surface area contributed by atoms with E-state index in [1.165, 1.54) is 0 Å². The molecular formula is C18H23N3O3. The van der Waals surface area contributed by atoms with E-state index in [1.54, 1.807) is 29.1 Å². The summed E-state index contributed by atoms with van der Waals surface area (Å²) in [6.45, 7) is 4.35. The zero-order valence-corrected chi connectivity index (χ0v) is 14.2. The Morgan fingerprint density at radius 2 is 2.21 bits per heavy atom. The Labute approximate surface area is 141 Å². The summed E-state index contributed by atoms with van der Waals surface area (Å²) < 4.78 is 7.04. The Kier molecular flexibility index (Phi) is 4.57. The molecule has 1 aromatic carbocycles. The number of aromatic nitrogens is 2. The highest BCUT2D eigenvalue weighted by Crippen LogP contribution is 2.34. The lowest BCUT2D eigenvalue weighted by molar-refractivity contribution is 0.0715. The number of amides is 1. The number of hydrogen-bond acceptors (Lipinski definition) is 4. The summed E-state index contributed by atoms with van der Waals surface area (Å²) in [5, 5.41) is 14.3. The van der Waals surface area contributed by atoms with Crippen molar-refractivity contribution in [2.24, 2.45) is 0 Å². The number of ether oxygens (including phenoxy) is 1. The van der Waals surface area contributed by atoms with E-state index in [1.807, 2.05) is 38.1 Å². The average molecular weight is 329 g/mol. The van der Waals surface area contributed by atoms with Crippen molar-refractivity contribution < 1.29 is 14.6 Å². The van der Waals surface area contributed by atoms with Crippen molar-refractivity contribution in [2.75, 3.05) is 13.7 Å². The van der Waals surface area contributed by atoms with Crippen molar-refractivity contribution >= 4 is 5.91 Å². The molecule has 2 atom stereocenters. The van der Waals surface area contributed by atoms with Gasteiger partial charge >= 0.3 is 0 Å². The first-order valence-electron chi connectivity index (χ1n) is 8.16. The number of methoxy groups -OCH3 is 1. The fourth-order valence-corrected chi connectivity index (χ4v) is 3.10. The van der Waals surface area contributed by atoms with Crippen molar-refractivity contribution in [2.45, 2.75) is 38.5 Å². The van der Waals surface area contributed by atoms with Crippen LogP contribution >= 0.6 is 0 Å². The summed E-state index contributed by atoms with van der Waals surface area (Å²) in [6.07, 6.45) is 3.36. The van der Waals surface area contributed by atoms with Gasteiger partial charge in [-0.25, -0.2) is 0 Å². The van der Waals surface area contributed by atoms with Gasteiger partial charge < -0.3 is 14.7 Å². The second-order valence-corrected chi connectivity index (χ2v) is 6.44. The van der Waals surface area contributed by atoms with Gasteiger partial charge in [-0.2, -0.15) is 5.10 Å². The van der Waals surface area contributed by atoms with Gasteiger partial charge in [0.25, 0.3) is 5.91 Å². The van der Waals surface area contributed by atoms with Crippen LogP contribution in [0.25, 0.3) is 0 Å². The molecule has 3 rings (SSSR count). The first-order chi connectivity index (χ1) is 11.5. The van der Waals surface area contributed by atoms with Crippen LogP contribution in [-0.2, 0) is 0 Å². The van der Waals surface area contributed by atoms with Crippen molar-refractivity contribution in [3.63, 3.8) is 0 Å².